The zero-order valence-corrected chi connectivity index (χ0v) is 7.98. The van der Waals surface area contributed by atoms with Crippen molar-refractivity contribution in [2.24, 2.45) is 0 Å². The Morgan fingerprint density at radius 2 is 2.31 bits per heavy atom. The Morgan fingerprint density at radius 3 is 2.85 bits per heavy atom. The monoisotopic (exact) mass is 203 g/mol. The first kappa shape index (κ1) is 10.3. The molecule has 0 fully saturated rings. The molecule has 0 saturated heterocycles. The zero-order chi connectivity index (χ0) is 9.84. The van der Waals surface area contributed by atoms with Crippen molar-refractivity contribution in [2.45, 2.75) is 13.0 Å². The van der Waals surface area contributed by atoms with Crippen LogP contribution >= 0.6 is 11.6 Å². The summed E-state index contributed by atoms with van der Waals surface area (Å²) in [6.45, 7) is 2.08. The van der Waals surface area contributed by atoms with Gasteiger partial charge in [0.2, 0.25) is 0 Å². The molecule has 13 heavy (non-hydrogen) atoms. The summed E-state index contributed by atoms with van der Waals surface area (Å²) in [7, 11) is 0. The molecule has 1 unspecified atom stereocenters. The SMILES string of the molecule is CC(O)CNc1ccc(F)c(Cl)c1. The summed E-state index contributed by atoms with van der Waals surface area (Å²) in [4.78, 5) is 0. The first-order chi connectivity index (χ1) is 6.09. The summed E-state index contributed by atoms with van der Waals surface area (Å²) < 4.78 is 12.7. The Labute approximate surface area is 81.3 Å². The number of nitrogens with one attached hydrogen (secondary N) is 1. The molecule has 0 aromatic heterocycles. The average Bonchev–Trinajstić information content (AvgIpc) is 2.07. The van der Waals surface area contributed by atoms with Gasteiger partial charge in [-0.15, -0.1) is 0 Å². The van der Waals surface area contributed by atoms with E-state index in [1.807, 2.05) is 0 Å². The van der Waals surface area contributed by atoms with Crippen LogP contribution < -0.4 is 5.32 Å². The van der Waals surface area contributed by atoms with Gasteiger partial charge in [-0.1, -0.05) is 11.6 Å². The van der Waals surface area contributed by atoms with Crippen LogP contribution in [0.4, 0.5) is 10.1 Å². The van der Waals surface area contributed by atoms with E-state index >= 15 is 0 Å². The predicted molar refractivity (Wildman–Crippen MR) is 51.6 cm³/mol. The van der Waals surface area contributed by atoms with Gasteiger partial charge in [0.25, 0.3) is 0 Å². The molecule has 0 heterocycles. The van der Waals surface area contributed by atoms with Crippen LogP contribution in [0.1, 0.15) is 6.92 Å². The maximum Gasteiger partial charge on any atom is 0.141 e. The Hall–Kier alpha value is -0.800. The topological polar surface area (TPSA) is 32.3 Å². The molecule has 1 rings (SSSR count). The largest absolute Gasteiger partial charge is 0.392 e. The third-order valence-corrected chi connectivity index (χ3v) is 1.81. The molecule has 2 nitrogen and oxygen atoms in total. The van der Waals surface area contributed by atoms with Crippen LogP contribution in [0.15, 0.2) is 18.2 Å². The molecule has 0 amide bonds. The molecule has 1 atom stereocenters. The fourth-order valence-corrected chi connectivity index (χ4v) is 1.05. The van der Waals surface area contributed by atoms with Crippen molar-refractivity contribution in [1.82, 2.24) is 0 Å². The van der Waals surface area contributed by atoms with E-state index in [1.54, 1.807) is 13.0 Å². The molecule has 1 aromatic carbocycles. The summed E-state index contributed by atoms with van der Waals surface area (Å²) in [5, 5.41) is 12.0. The van der Waals surface area contributed by atoms with E-state index in [9.17, 15) is 4.39 Å². The molecule has 0 saturated carbocycles. The zero-order valence-electron chi connectivity index (χ0n) is 7.22. The van der Waals surface area contributed by atoms with Crippen LogP contribution in [0.5, 0.6) is 0 Å². The van der Waals surface area contributed by atoms with Crippen LogP contribution in [0.25, 0.3) is 0 Å². The van der Waals surface area contributed by atoms with E-state index in [0.29, 0.717) is 12.2 Å². The Bertz CT molecular complexity index is 291. The van der Waals surface area contributed by atoms with Gasteiger partial charge in [-0.25, -0.2) is 4.39 Å². The van der Waals surface area contributed by atoms with Crippen molar-refractivity contribution < 1.29 is 9.50 Å². The molecule has 72 valence electrons. The van der Waals surface area contributed by atoms with Gasteiger partial charge in [0.15, 0.2) is 0 Å². The molecule has 2 N–H and O–H groups in total. The first-order valence-electron chi connectivity index (χ1n) is 3.96. The van der Waals surface area contributed by atoms with Crippen molar-refractivity contribution in [1.29, 1.82) is 0 Å². The fraction of sp³-hybridized carbons (Fsp3) is 0.333. The van der Waals surface area contributed by atoms with Gasteiger partial charge >= 0.3 is 0 Å². The van der Waals surface area contributed by atoms with Crippen LogP contribution in [-0.4, -0.2) is 17.8 Å². The molecule has 1 aromatic rings. The number of rotatable bonds is 3. The minimum Gasteiger partial charge on any atom is -0.392 e. The van der Waals surface area contributed by atoms with Crippen LogP contribution in [-0.2, 0) is 0 Å². The molecular weight excluding hydrogens is 193 g/mol. The lowest BCUT2D eigenvalue weighted by atomic mass is 10.3. The Morgan fingerprint density at radius 1 is 1.62 bits per heavy atom. The van der Waals surface area contributed by atoms with Crippen LogP contribution in [0, 0.1) is 5.82 Å². The highest BCUT2D eigenvalue weighted by Gasteiger charge is 2.01. The number of anilines is 1. The van der Waals surface area contributed by atoms with E-state index < -0.39 is 11.9 Å². The van der Waals surface area contributed by atoms with Crippen LogP contribution in [0.3, 0.4) is 0 Å². The number of aliphatic hydroxyl groups is 1. The van der Waals surface area contributed by atoms with E-state index in [1.165, 1.54) is 12.1 Å². The molecule has 0 bridgehead atoms. The van der Waals surface area contributed by atoms with Gasteiger partial charge in [-0.3, -0.25) is 0 Å². The summed E-state index contributed by atoms with van der Waals surface area (Å²) >= 11 is 5.55. The van der Waals surface area contributed by atoms with Gasteiger partial charge in [0.1, 0.15) is 5.82 Å². The van der Waals surface area contributed by atoms with Gasteiger partial charge in [-0.05, 0) is 25.1 Å². The fourth-order valence-electron chi connectivity index (χ4n) is 0.872. The summed E-state index contributed by atoms with van der Waals surface area (Å²) in [6.07, 6.45) is -0.441. The van der Waals surface area contributed by atoms with Gasteiger partial charge in [0, 0.05) is 12.2 Å². The summed E-state index contributed by atoms with van der Waals surface area (Å²) in [5.74, 6) is -0.440. The Balaban J connectivity index is 2.63. The van der Waals surface area contributed by atoms with E-state index in [4.69, 9.17) is 16.7 Å². The van der Waals surface area contributed by atoms with Crippen molar-refractivity contribution in [3.63, 3.8) is 0 Å². The second kappa shape index (κ2) is 4.44. The highest BCUT2D eigenvalue weighted by Crippen LogP contribution is 2.19. The number of benzene rings is 1. The minimum atomic E-state index is -0.441. The lowest BCUT2D eigenvalue weighted by molar-refractivity contribution is 0.208. The standard InChI is InChI=1S/C9H11ClFNO/c1-6(13)5-12-7-2-3-9(11)8(10)4-7/h2-4,6,12-13H,5H2,1H3. The average molecular weight is 204 g/mol. The molecule has 0 spiro atoms. The predicted octanol–water partition coefficient (Wildman–Crippen LogP) is 2.27. The third-order valence-electron chi connectivity index (χ3n) is 1.52. The molecular formula is C9H11ClFNO. The lowest BCUT2D eigenvalue weighted by Gasteiger charge is -2.08. The molecule has 0 aliphatic heterocycles. The number of hydrogen-bond acceptors (Lipinski definition) is 2. The number of halogens is 2. The lowest BCUT2D eigenvalue weighted by Crippen LogP contribution is -2.15. The smallest absolute Gasteiger partial charge is 0.141 e. The van der Waals surface area contributed by atoms with E-state index in [2.05, 4.69) is 5.32 Å². The summed E-state index contributed by atoms with van der Waals surface area (Å²) in [6, 6.07) is 4.34. The quantitative estimate of drug-likeness (QED) is 0.790. The highest BCUT2D eigenvalue weighted by atomic mass is 35.5. The van der Waals surface area contributed by atoms with Crippen molar-refractivity contribution in [3.05, 3.63) is 29.0 Å². The van der Waals surface area contributed by atoms with Gasteiger partial charge < -0.3 is 10.4 Å². The first-order valence-corrected chi connectivity index (χ1v) is 4.34. The van der Waals surface area contributed by atoms with Crippen molar-refractivity contribution >= 4 is 17.3 Å². The minimum absolute atomic E-state index is 0.0793. The van der Waals surface area contributed by atoms with Crippen LogP contribution in [0.2, 0.25) is 5.02 Å². The summed E-state index contributed by atoms with van der Waals surface area (Å²) in [5.41, 5.74) is 0.701. The van der Waals surface area contributed by atoms with Crippen molar-refractivity contribution in [2.75, 3.05) is 11.9 Å². The molecule has 0 aliphatic carbocycles. The molecule has 0 radical (unpaired) electrons. The second-order valence-corrected chi connectivity index (χ2v) is 3.27. The third kappa shape index (κ3) is 3.20. The van der Waals surface area contributed by atoms with Gasteiger partial charge in [0.05, 0.1) is 11.1 Å². The van der Waals surface area contributed by atoms with E-state index in [0.717, 1.165) is 0 Å². The normalized spacial score (nSPS) is 12.6. The Kier molecular flexibility index (Phi) is 3.51. The number of hydrogen-bond donors (Lipinski definition) is 2. The van der Waals surface area contributed by atoms with Gasteiger partial charge in [-0.2, -0.15) is 0 Å². The van der Waals surface area contributed by atoms with Crippen molar-refractivity contribution in [3.8, 4) is 0 Å². The highest BCUT2D eigenvalue weighted by molar-refractivity contribution is 6.31. The van der Waals surface area contributed by atoms with E-state index in [-0.39, 0.29) is 5.02 Å². The second-order valence-electron chi connectivity index (χ2n) is 2.86. The maximum atomic E-state index is 12.7. The molecule has 4 heteroatoms. The molecule has 0 aliphatic rings. The number of aliphatic hydroxyl groups excluding tert-OH is 1. The maximum absolute atomic E-state index is 12.7.